The van der Waals surface area contributed by atoms with Crippen LogP contribution in [-0.4, -0.2) is 15.3 Å². The molecule has 0 spiro atoms. The van der Waals surface area contributed by atoms with Gasteiger partial charge in [-0.15, -0.1) is 11.3 Å². The quantitative estimate of drug-likeness (QED) is 0.744. The summed E-state index contributed by atoms with van der Waals surface area (Å²) in [6, 6.07) is 5.45. The van der Waals surface area contributed by atoms with E-state index in [0.717, 1.165) is 14.9 Å². The third kappa shape index (κ3) is 2.69. The van der Waals surface area contributed by atoms with Crippen molar-refractivity contribution in [1.29, 1.82) is 0 Å². The molecule has 0 aliphatic carbocycles. The number of carbonyl (C=O) groups excluding carboxylic acids is 1. The summed E-state index contributed by atoms with van der Waals surface area (Å²) in [5, 5.41) is 2.73. The zero-order valence-corrected chi connectivity index (χ0v) is 14.3. The number of rotatable bonds is 2. The zero-order valence-electron chi connectivity index (χ0n) is 11.9. The molecule has 1 aromatic carbocycles. The predicted molar refractivity (Wildman–Crippen MR) is 90.9 cm³/mol. The van der Waals surface area contributed by atoms with Crippen LogP contribution in [0, 0.1) is 13.8 Å². The summed E-state index contributed by atoms with van der Waals surface area (Å²) in [4.78, 5) is 30.4. The summed E-state index contributed by atoms with van der Waals surface area (Å²) in [6.07, 6.45) is 3.02. The van der Waals surface area contributed by atoms with E-state index in [0.29, 0.717) is 10.6 Å². The van der Waals surface area contributed by atoms with Gasteiger partial charge < -0.3 is 5.32 Å². The molecule has 0 bridgehead atoms. The maximum absolute atomic E-state index is 12.4. The Morgan fingerprint density at radius 2 is 2.14 bits per heavy atom. The number of nitrogens with one attached hydrogen (secondary N) is 1. The number of nitrogens with zero attached hydrogens (tertiary/aromatic N) is 2. The zero-order chi connectivity index (χ0) is 15.9. The highest BCUT2D eigenvalue weighted by Gasteiger charge is 2.15. The number of aromatic nitrogens is 2. The van der Waals surface area contributed by atoms with Crippen LogP contribution >= 0.6 is 27.3 Å². The molecule has 0 atom stereocenters. The molecular weight excluding hydrogens is 366 g/mol. The van der Waals surface area contributed by atoms with Crippen molar-refractivity contribution >= 4 is 43.8 Å². The Bertz CT molecular complexity index is 946. The smallest absolute Gasteiger partial charge is 0.271 e. The van der Waals surface area contributed by atoms with Crippen LogP contribution in [0.3, 0.4) is 0 Å². The van der Waals surface area contributed by atoms with Crippen molar-refractivity contribution in [3.8, 4) is 0 Å². The molecule has 0 fully saturated rings. The lowest BCUT2D eigenvalue weighted by molar-refractivity contribution is 0.102. The number of thiazole rings is 1. The number of aryl methyl sites for hydroxylation is 2. The highest BCUT2D eigenvalue weighted by Crippen LogP contribution is 2.20. The van der Waals surface area contributed by atoms with Crippen molar-refractivity contribution in [2.75, 3.05) is 5.32 Å². The number of fused-ring (bicyclic) bond motifs is 1. The van der Waals surface area contributed by atoms with Crippen LogP contribution < -0.4 is 10.9 Å². The summed E-state index contributed by atoms with van der Waals surface area (Å²) in [5.74, 6) is -0.461. The lowest BCUT2D eigenvalue weighted by atomic mass is 10.2. The van der Waals surface area contributed by atoms with Gasteiger partial charge in [-0.25, -0.2) is 4.98 Å². The van der Waals surface area contributed by atoms with E-state index in [2.05, 4.69) is 26.2 Å². The summed E-state index contributed by atoms with van der Waals surface area (Å²) < 4.78 is 2.37. The second-order valence-electron chi connectivity index (χ2n) is 4.89. The molecular formula is C15H12BrN3O2S. The van der Waals surface area contributed by atoms with E-state index in [4.69, 9.17) is 0 Å². The minimum absolute atomic E-state index is 0.0240. The first-order valence-corrected chi connectivity index (χ1v) is 8.12. The van der Waals surface area contributed by atoms with Crippen molar-refractivity contribution in [2.45, 2.75) is 13.8 Å². The maximum atomic E-state index is 12.4. The molecule has 0 saturated heterocycles. The number of hydrogen-bond donors (Lipinski definition) is 1. The number of halogens is 1. The van der Waals surface area contributed by atoms with Crippen molar-refractivity contribution in [2.24, 2.45) is 0 Å². The number of anilines is 1. The Morgan fingerprint density at radius 3 is 2.86 bits per heavy atom. The van der Waals surface area contributed by atoms with Crippen LogP contribution in [0.2, 0.25) is 0 Å². The van der Waals surface area contributed by atoms with E-state index < -0.39 is 5.91 Å². The fraction of sp³-hybridized carbons (Fsp3) is 0.133. The SMILES string of the molecule is Cc1cn2c(=O)c(C(=O)Nc3ccc(Br)c(C)c3)cnc2s1. The average Bonchev–Trinajstić information content (AvgIpc) is 2.85. The lowest BCUT2D eigenvalue weighted by Crippen LogP contribution is -2.25. The number of carbonyl (C=O) groups is 1. The summed E-state index contributed by atoms with van der Waals surface area (Å²) in [6.45, 7) is 3.82. The largest absolute Gasteiger partial charge is 0.322 e. The first-order valence-electron chi connectivity index (χ1n) is 6.51. The fourth-order valence-corrected chi connectivity index (χ4v) is 3.10. The van der Waals surface area contributed by atoms with Gasteiger partial charge in [0.25, 0.3) is 11.5 Å². The van der Waals surface area contributed by atoms with E-state index >= 15 is 0 Å². The Kier molecular flexibility index (Phi) is 3.84. The first kappa shape index (κ1) is 14.9. The molecule has 112 valence electrons. The van der Waals surface area contributed by atoms with Gasteiger partial charge in [0.05, 0.1) is 0 Å². The molecule has 2 aromatic heterocycles. The van der Waals surface area contributed by atoms with E-state index in [-0.39, 0.29) is 11.1 Å². The Balaban J connectivity index is 1.96. The number of amides is 1. The highest BCUT2D eigenvalue weighted by molar-refractivity contribution is 9.10. The molecule has 22 heavy (non-hydrogen) atoms. The second kappa shape index (κ2) is 5.66. The second-order valence-corrected chi connectivity index (χ2v) is 6.96. The van der Waals surface area contributed by atoms with Gasteiger partial charge >= 0.3 is 0 Å². The molecule has 3 aromatic rings. The average molecular weight is 378 g/mol. The van der Waals surface area contributed by atoms with Crippen LogP contribution in [0.5, 0.6) is 0 Å². The fourth-order valence-electron chi connectivity index (χ4n) is 2.07. The molecule has 7 heteroatoms. The maximum Gasteiger partial charge on any atom is 0.271 e. The Morgan fingerprint density at radius 1 is 1.36 bits per heavy atom. The molecule has 0 aliphatic heterocycles. The van der Waals surface area contributed by atoms with Gasteiger partial charge in [0, 0.05) is 27.4 Å². The summed E-state index contributed by atoms with van der Waals surface area (Å²) >= 11 is 4.82. The summed E-state index contributed by atoms with van der Waals surface area (Å²) in [5.41, 5.74) is 1.30. The van der Waals surface area contributed by atoms with E-state index in [9.17, 15) is 9.59 Å². The molecule has 0 radical (unpaired) electrons. The van der Waals surface area contributed by atoms with Gasteiger partial charge in [-0.05, 0) is 37.6 Å². The standard InChI is InChI=1S/C15H12BrN3O2S/c1-8-5-10(3-4-12(8)16)18-13(20)11-6-17-15-19(14(11)21)7-9(2)22-15/h3-7H,1-2H3,(H,18,20). The van der Waals surface area contributed by atoms with E-state index in [1.807, 2.05) is 26.0 Å². The lowest BCUT2D eigenvalue weighted by Gasteiger charge is -2.06. The van der Waals surface area contributed by atoms with Crippen molar-refractivity contribution in [3.05, 3.63) is 61.4 Å². The van der Waals surface area contributed by atoms with Gasteiger partial charge in [0.1, 0.15) is 5.56 Å². The number of hydrogen-bond acceptors (Lipinski definition) is 4. The molecule has 0 saturated carbocycles. The van der Waals surface area contributed by atoms with Crippen LogP contribution in [-0.2, 0) is 0 Å². The van der Waals surface area contributed by atoms with Crippen LogP contribution in [0.25, 0.3) is 4.96 Å². The minimum Gasteiger partial charge on any atom is -0.322 e. The number of benzene rings is 1. The topological polar surface area (TPSA) is 63.5 Å². The molecule has 2 heterocycles. The molecule has 1 N–H and O–H groups in total. The Hall–Kier alpha value is -1.99. The third-order valence-corrected chi connectivity index (χ3v) is 4.98. The molecule has 3 rings (SSSR count). The normalized spacial score (nSPS) is 10.9. The van der Waals surface area contributed by atoms with Crippen molar-refractivity contribution in [3.63, 3.8) is 0 Å². The van der Waals surface area contributed by atoms with Gasteiger partial charge in [-0.3, -0.25) is 14.0 Å². The van der Waals surface area contributed by atoms with Gasteiger partial charge in [0.2, 0.25) is 0 Å². The van der Waals surface area contributed by atoms with Crippen molar-refractivity contribution in [1.82, 2.24) is 9.38 Å². The molecule has 0 aliphatic rings. The minimum atomic E-state index is -0.461. The van der Waals surface area contributed by atoms with E-state index in [1.54, 1.807) is 12.3 Å². The van der Waals surface area contributed by atoms with Crippen LogP contribution in [0.1, 0.15) is 20.8 Å². The van der Waals surface area contributed by atoms with Gasteiger partial charge in [0.15, 0.2) is 4.96 Å². The molecule has 5 nitrogen and oxygen atoms in total. The Labute approximate surface area is 138 Å². The van der Waals surface area contributed by atoms with Gasteiger partial charge in [-0.2, -0.15) is 0 Å². The predicted octanol–water partition coefficient (Wildman–Crippen LogP) is 3.39. The monoisotopic (exact) mass is 377 g/mol. The van der Waals surface area contributed by atoms with E-state index in [1.165, 1.54) is 21.9 Å². The van der Waals surface area contributed by atoms with Gasteiger partial charge in [-0.1, -0.05) is 15.9 Å². The summed E-state index contributed by atoms with van der Waals surface area (Å²) in [7, 11) is 0. The highest BCUT2D eigenvalue weighted by atomic mass is 79.9. The van der Waals surface area contributed by atoms with Crippen LogP contribution in [0.4, 0.5) is 5.69 Å². The van der Waals surface area contributed by atoms with Crippen LogP contribution in [0.15, 0.2) is 39.9 Å². The molecule has 0 unspecified atom stereocenters. The first-order chi connectivity index (χ1) is 10.5. The van der Waals surface area contributed by atoms with Crippen molar-refractivity contribution < 1.29 is 4.79 Å². The third-order valence-electron chi connectivity index (χ3n) is 3.18. The molecule has 1 amide bonds.